The Morgan fingerprint density at radius 1 is 0.549 bits per heavy atom. The van der Waals surface area contributed by atoms with Crippen LogP contribution < -0.4 is 10.1 Å². The molecule has 51 heavy (non-hydrogen) atoms. The average molecular weight is 656 g/mol. The third-order valence-electron chi connectivity index (χ3n) is 10.9. The van der Waals surface area contributed by atoms with Gasteiger partial charge in [-0.05, 0) is 64.3 Å². The summed E-state index contributed by atoms with van der Waals surface area (Å²) in [5.74, 6) is 2.60. The highest BCUT2D eigenvalue weighted by Crippen LogP contribution is 2.62. The molecular formula is C46H31N4O-. The molecule has 3 aliphatic rings. The molecule has 3 heterocycles. The zero-order valence-corrected chi connectivity index (χ0v) is 27.6. The van der Waals surface area contributed by atoms with Gasteiger partial charge >= 0.3 is 0 Å². The molecule has 0 fully saturated rings. The number of amidine groups is 1. The molecule has 1 N–H and O–H groups in total. The quantitative estimate of drug-likeness (QED) is 0.206. The molecule has 2 aliphatic heterocycles. The lowest BCUT2D eigenvalue weighted by Gasteiger charge is -2.44. The van der Waals surface area contributed by atoms with E-state index in [1.807, 2.05) is 12.1 Å². The summed E-state index contributed by atoms with van der Waals surface area (Å²) in [5, 5.41) is 11.4. The summed E-state index contributed by atoms with van der Waals surface area (Å²) in [4.78, 5) is 5.36. The Balaban J connectivity index is 1.22. The van der Waals surface area contributed by atoms with Crippen LogP contribution in [0.4, 0.5) is 0 Å². The van der Waals surface area contributed by atoms with Gasteiger partial charge in [-0.3, -0.25) is 4.99 Å². The Morgan fingerprint density at radius 3 is 1.94 bits per heavy atom. The summed E-state index contributed by atoms with van der Waals surface area (Å²) >= 11 is 0. The predicted octanol–water partition coefficient (Wildman–Crippen LogP) is 10.8. The van der Waals surface area contributed by atoms with Crippen molar-refractivity contribution in [3.05, 3.63) is 209 Å². The predicted molar refractivity (Wildman–Crippen MR) is 205 cm³/mol. The number of hydrogen-bond acceptors (Lipinski definition) is 3. The van der Waals surface area contributed by atoms with E-state index in [0.29, 0.717) is 0 Å². The minimum atomic E-state index is -0.566. The molecule has 2 atom stereocenters. The highest BCUT2D eigenvalue weighted by atomic mass is 16.5. The third kappa shape index (κ3) is 3.98. The molecule has 5 heteroatoms. The van der Waals surface area contributed by atoms with Gasteiger partial charge in [0.1, 0.15) is 17.3 Å². The van der Waals surface area contributed by atoms with Crippen LogP contribution in [0.3, 0.4) is 0 Å². The van der Waals surface area contributed by atoms with E-state index in [2.05, 4.69) is 168 Å². The van der Waals surface area contributed by atoms with Crippen LogP contribution >= 0.6 is 0 Å². The molecule has 7 aromatic carbocycles. The lowest BCUT2D eigenvalue weighted by molar-refractivity contribution is 0.436. The van der Waals surface area contributed by atoms with Crippen molar-refractivity contribution in [1.29, 1.82) is 0 Å². The van der Waals surface area contributed by atoms with E-state index in [1.54, 1.807) is 0 Å². The Labute approximate surface area is 295 Å². The summed E-state index contributed by atoms with van der Waals surface area (Å²) in [7, 11) is 0. The van der Waals surface area contributed by atoms with Crippen LogP contribution in [0.25, 0.3) is 38.2 Å². The van der Waals surface area contributed by atoms with Crippen molar-refractivity contribution in [3.8, 4) is 22.6 Å². The average Bonchev–Trinajstić information content (AvgIpc) is 3.68. The molecule has 1 aliphatic carbocycles. The first-order valence-electron chi connectivity index (χ1n) is 17.5. The molecule has 11 rings (SSSR count). The van der Waals surface area contributed by atoms with Crippen molar-refractivity contribution in [1.82, 2.24) is 9.88 Å². The van der Waals surface area contributed by atoms with Crippen molar-refractivity contribution in [3.63, 3.8) is 0 Å². The van der Waals surface area contributed by atoms with Crippen molar-refractivity contribution in [2.45, 2.75) is 17.9 Å². The monoisotopic (exact) mass is 655 g/mol. The second-order valence-corrected chi connectivity index (χ2v) is 13.5. The molecule has 0 radical (unpaired) electrons. The van der Waals surface area contributed by atoms with E-state index in [9.17, 15) is 0 Å². The van der Waals surface area contributed by atoms with E-state index in [1.165, 1.54) is 33.0 Å². The zero-order valence-electron chi connectivity index (χ0n) is 27.6. The molecular weight excluding hydrogens is 625 g/mol. The second kappa shape index (κ2) is 10.8. The van der Waals surface area contributed by atoms with Crippen LogP contribution in [0, 0.1) is 0 Å². The third-order valence-corrected chi connectivity index (χ3v) is 10.9. The van der Waals surface area contributed by atoms with E-state index in [-0.39, 0.29) is 6.17 Å². The fourth-order valence-corrected chi connectivity index (χ4v) is 8.76. The van der Waals surface area contributed by atoms with Gasteiger partial charge in [-0.1, -0.05) is 140 Å². The number of ether oxygens (including phenoxy) is 1. The van der Waals surface area contributed by atoms with E-state index in [4.69, 9.17) is 15.0 Å². The number of para-hydroxylation sites is 3. The largest absolute Gasteiger partial charge is 0.598 e. The summed E-state index contributed by atoms with van der Waals surface area (Å²) in [6.07, 6.45) is -0.791. The van der Waals surface area contributed by atoms with Crippen LogP contribution in [-0.4, -0.2) is 10.4 Å². The molecule has 1 aromatic heterocycles. The first kappa shape index (κ1) is 28.4. The van der Waals surface area contributed by atoms with Crippen LogP contribution in [0.2, 0.25) is 0 Å². The van der Waals surface area contributed by atoms with Gasteiger partial charge < -0.3 is 19.9 Å². The normalized spacial score (nSPS) is 17.9. The number of rotatable bonds is 3. The smallest absolute Gasteiger partial charge is 0.132 e. The molecule has 2 unspecified atom stereocenters. The maximum Gasteiger partial charge on any atom is 0.132 e. The van der Waals surface area contributed by atoms with Gasteiger partial charge in [0.25, 0.3) is 0 Å². The molecule has 5 nitrogen and oxygen atoms in total. The number of nitrogens with zero attached hydrogens (tertiary/aromatic N) is 3. The van der Waals surface area contributed by atoms with E-state index < -0.39 is 11.7 Å². The molecule has 8 aromatic rings. The highest BCUT2D eigenvalue weighted by molar-refractivity contribution is 6.11. The Bertz CT molecular complexity index is 2650. The summed E-state index contributed by atoms with van der Waals surface area (Å²) in [6.45, 7) is 0. The molecule has 242 valence electrons. The topological polar surface area (TPSA) is 52.7 Å². The van der Waals surface area contributed by atoms with Gasteiger partial charge in [0.2, 0.25) is 0 Å². The number of aliphatic imine (C=N–C) groups is 1. The first-order valence-corrected chi connectivity index (χ1v) is 17.5. The van der Waals surface area contributed by atoms with Crippen LogP contribution in [-0.2, 0) is 5.41 Å². The molecule has 0 amide bonds. The van der Waals surface area contributed by atoms with Gasteiger partial charge in [-0.2, -0.15) is 0 Å². The molecule has 0 saturated carbocycles. The summed E-state index contributed by atoms with van der Waals surface area (Å²) in [6, 6.07) is 60.3. The first-order chi connectivity index (χ1) is 25.3. The van der Waals surface area contributed by atoms with Crippen molar-refractivity contribution in [2.24, 2.45) is 4.99 Å². The lowest BCUT2D eigenvalue weighted by atomic mass is 9.66. The SMILES string of the molecule is c1ccc(C2=NC(n3c4ccccc4c4cc5c(cc43)C3(c4ccccc4Oc4ccccc43)c3ccccc3-5)[N-]C(c3ccccc3)N2)cc1. The van der Waals surface area contributed by atoms with Crippen LogP contribution in [0.15, 0.2) is 175 Å². The van der Waals surface area contributed by atoms with Gasteiger partial charge in [0.05, 0.1) is 5.41 Å². The number of nitrogens with one attached hydrogen (secondary N) is 1. The standard InChI is InChI=1S/C46H31N4O/c1-3-15-29(16-4-1)43-47-44(30-17-5-2-6-18-30)49-45(48-43)50-39-24-12-8-20-32(39)34-27-33-31-19-7-9-21-35(31)46(38(33)28-40(34)50)36-22-10-13-25-41(36)51-42-26-14-11-23-37(42)46/h1-28,43,45H,(H,47,49)/q-1. The fraction of sp³-hybridized carbons (Fsp3) is 0.0652. The summed E-state index contributed by atoms with van der Waals surface area (Å²) < 4.78 is 8.96. The molecule has 1 spiro atoms. The summed E-state index contributed by atoms with van der Waals surface area (Å²) in [5.41, 5.74) is 11.1. The zero-order chi connectivity index (χ0) is 33.5. The van der Waals surface area contributed by atoms with Gasteiger partial charge in [0, 0.05) is 44.8 Å². The number of fused-ring (bicyclic) bond motifs is 12. The highest BCUT2D eigenvalue weighted by Gasteiger charge is 2.51. The lowest BCUT2D eigenvalue weighted by Crippen LogP contribution is -2.35. The fourth-order valence-electron chi connectivity index (χ4n) is 8.76. The number of hydrogen-bond donors (Lipinski definition) is 1. The van der Waals surface area contributed by atoms with Gasteiger partial charge in [-0.25, -0.2) is 0 Å². The van der Waals surface area contributed by atoms with Crippen LogP contribution in [0.5, 0.6) is 11.5 Å². The minimum Gasteiger partial charge on any atom is -0.598 e. The molecule has 0 bridgehead atoms. The van der Waals surface area contributed by atoms with E-state index >= 15 is 0 Å². The van der Waals surface area contributed by atoms with Crippen LogP contribution in [0.1, 0.15) is 45.8 Å². The van der Waals surface area contributed by atoms with E-state index in [0.717, 1.165) is 50.6 Å². The number of benzene rings is 7. The Hall–Kier alpha value is -6.43. The van der Waals surface area contributed by atoms with Gasteiger partial charge in [0.15, 0.2) is 0 Å². The van der Waals surface area contributed by atoms with Crippen molar-refractivity contribution in [2.75, 3.05) is 0 Å². The Morgan fingerprint density at radius 2 is 1.18 bits per heavy atom. The van der Waals surface area contributed by atoms with Crippen molar-refractivity contribution < 1.29 is 4.74 Å². The van der Waals surface area contributed by atoms with Crippen molar-refractivity contribution >= 4 is 27.6 Å². The Kier molecular flexibility index (Phi) is 6.01. The maximum absolute atomic E-state index is 6.61. The maximum atomic E-state index is 6.61. The second-order valence-electron chi connectivity index (χ2n) is 13.5. The van der Waals surface area contributed by atoms with Gasteiger partial charge in [-0.15, -0.1) is 0 Å². The number of aromatic nitrogens is 1. The minimum absolute atomic E-state index is 0.278. The molecule has 0 saturated heterocycles.